The number of aliphatic imine (C=N–C) groups is 1. The van der Waals surface area contributed by atoms with E-state index in [1.54, 1.807) is 6.92 Å². The predicted octanol–water partition coefficient (Wildman–Crippen LogP) is 2.07. The van der Waals surface area contributed by atoms with Gasteiger partial charge in [0.2, 0.25) is 5.96 Å². The van der Waals surface area contributed by atoms with E-state index in [4.69, 9.17) is 16.3 Å². The van der Waals surface area contributed by atoms with Gasteiger partial charge in [0.25, 0.3) is 5.91 Å². The van der Waals surface area contributed by atoms with E-state index in [0.717, 1.165) is 12.1 Å². The molecule has 1 heterocycles. The summed E-state index contributed by atoms with van der Waals surface area (Å²) >= 11 is 5.59. The average molecular weight is 424 g/mol. The molecule has 0 saturated heterocycles. The van der Waals surface area contributed by atoms with Gasteiger partial charge >= 0.3 is 6.18 Å². The molecule has 0 fully saturated rings. The van der Waals surface area contributed by atoms with Crippen molar-refractivity contribution in [3.8, 4) is 0 Å². The van der Waals surface area contributed by atoms with Crippen LogP contribution in [0.1, 0.15) is 17.3 Å². The summed E-state index contributed by atoms with van der Waals surface area (Å²) in [6, 6.07) is 1.10. The van der Waals surface area contributed by atoms with Crippen LogP contribution in [0.25, 0.3) is 0 Å². The normalized spacial score (nSPS) is 18.3. The molecule has 2 unspecified atom stereocenters. The fraction of sp³-hybridized carbons (Fsp3) is 0.375. The fourth-order valence-corrected chi connectivity index (χ4v) is 2.31. The lowest BCUT2D eigenvalue weighted by Gasteiger charge is -2.15. The minimum atomic E-state index is -4.50. The van der Waals surface area contributed by atoms with Crippen LogP contribution in [0.3, 0.4) is 0 Å². The Morgan fingerprint density at radius 3 is 2.71 bits per heavy atom. The molecule has 0 aromatic heterocycles. The zero-order valence-electron chi connectivity index (χ0n) is 14.8. The third-order valence-corrected chi connectivity index (χ3v) is 3.78. The van der Waals surface area contributed by atoms with E-state index in [0.29, 0.717) is 0 Å². The quantitative estimate of drug-likeness (QED) is 0.331. The van der Waals surface area contributed by atoms with Crippen LogP contribution in [0, 0.1) is 5.82 Å². The number of hydrazine groups is 1. The number of amides is 1. The van der Waals surface area contributed by atoms with Gasteiger partial charge < -0.3 is 15.5 Å². The summed E-state index contributed by atoms with van der Waals surface area (Å²) < 4.78 is 56.8. The average Bonchev–Trinajstić information content (AvgIpc) is 3.06. The molecular formula is C16H18ClF4N5O2. The molecule has 1 amide bonds. The fourth-order valence-electron chi connectivity index (χ4n) is 2.19. The van der Waals surface area contributed by atoms with Crippen molar-refractivity contribution in [2.24, 2.45) is 4.99 Å². The Kier molecular flexibility index (Phi) is 7.22. The lowest BCUT2D eigenvalue weighted by molar-refractivity contribution is -0.144. The first-order valence-corrected chi connectivity index (χ1v) is 8.38. The summed E-state index contributed by atoms with van der Waals surface area (Å²) in [7, 11) is 1.45. The first kappa shape index (κ1) is 21.9. The van der Waals surface area contributed by atoms with E-state index < -0.39 is 30.0 Å². The van der Waals surface area contributed by atoms with E-state index in [1.807, 2.05) is 5.43 Å². The number of guanidine groups is 1. The number of hydrogen-bond acceptors (Lipinski definition) is 5. The number of carbonyl (C=O) groups is 1. The maximum atomic E-state index is 13.6. The number of hydrogen-bond donors (Lipinski definition) is 4. The predicted molar refractivity (Wildman–Crippen MR) is 95.0 cm³/mol. The molecule has 2 atom stereocenters. The molecule has 1 aliphatic heterocycles. The van der Waals surface area contributed by atoms with Crippen LogP contribution in [0.4, 0.5) is 17.6 Å². The Morgan fingerprint density at radius 2 is 2.14 bits per heavy atom. The van der Waals surface area contributed by atoms with Crippen LogP contribution < -0.4 is 21.5 Å². The van der Waals surface area contributed by atoms with Crippen molar-refractivity contribution in [1.29, 1.82) is 0 Å². The van der Waals surface area contributed by atoms with Crippen LogP contribution in [-0.2, 0) is 4.74 Å². The zero-order chi connectivity index (χ0) is 20.9. The van der Waals surface area contributed by atoms with Crippen LogP contribution in [-0.4, -0.2) is 43.8 Å². The lowest BCUT2D eigenvalue weighted by Crippen LogP contribution is -2.46. The summed E-state index contributed by atoms with van der Waals surface area (Å²) in [6.45, 7) is 1.87. The highest BCUT2D eigenvalue weighted by atomic mass is 35.5. The largest absolute Gasteiger partial charge is 0.409 e. The van der Waals surface area contributed by atoms with Gasteiger partial charge in [0.1, 0.15) is 17.7 Å². The van der Waals surface area contributed by atoms with Gasteiger partial charge in [-0.05, 0) is 31.2 Å². The Hall–Kier alpha value is -2.37. The third-order valence-electron chi connectivity index (χ3n) is 3.47. The van der Waals surface area contributed by atoms with Crippen LogP contribution >= 0.6 is 11.6 Å². The van der Waals surface area contributed by atoms with Crippen LogP contribution in [0.15, 0.2) is 35.1 Å². The summed E-state index contributed by atoms with van der Waals surface area (Å²) in [5.74, 6) is -1.72. The van der Waals surface area contributed by atoms with Gasteiger partial charge in [-0.3, -0.25) is 10.1 Å². The SMILES string of the molecule is COCC(C)N=C(NC(=O)c1ccc(Cl)c(F)c1)NC1=CC(C(F)(F)F)NN1. The van der Waals surface area contributed by atoms with Crippen LogP contribution in [0.5, 0.6) is 0 Å². The van der Waals surface area contributed by atoms with Gasteiger partial charge in [0.15, 0.2) is 0 Å². The molecule has 0 bridgehead atoms. The molecule has 7 nitrogen and oxygen atoms in total. The highest BCUT2D eigenvalue weighted by Gasteiger charge is 2.41. The first-order valence-electron chi connectivity index (χ1n) is 8.00. The third kappa shape index (κ3) is 6.08. The molecule has 0 spiro atoms. The molecule has 0 radical (unpaired) electrons. The second-order valence-corrected chi connectivity index (χ2v) is 6.27. The molecule has 2 rings (SSSR count). The Morgan fingerprint density at radius 1 is 1.43 bits per heavy atom. The summed E-state index contributed by atoms with van der Waals surface area (Å²) in [5, 5.41) is 4.81. The molecule has 154 valence electrons. The Bertz CT molecular complexity index is 785. The highest BCUT2D eigenvalue weighted by Crippen LogP contribution is 2.23. The first-order chi connectivity index (χ1) is 13.1. The van der Waals surface area contributed by atoms with E-state index >= 15 is 0 Å². The minimum absolute atomic E-state index is 0.0459. The zero-order valence-corrected chi connectivity index (χ0v) is 15.6. The van der Waals surface area contributed by atoms with Crippen molar-refractivity contribution >= 4 is 23.5 Å². The van der Waals surface area contributed by atoms with Gasteiger partial charge in [-0.2, -0.15) is 13.2 Å². The van der Waals surface area contributed by atoms with Gasteiger partial charge in [0.05, 0.1) is 17.7 Å². The Labute approximate surface area is 163 Å². The number of nitrogens with zero attached hydrogens (tertiary/aromatic N) is 1. The molecule has 28 heavy (non-hydrogen) atoms. The molecule has 12 heteroatoms. The maximum absolute atomic E-state index is 13.6. The molecule has 0 aliphatic carbocycles. The Balaban J connectivity index is 2.18. The van der Waals surface area contributed by atoms with Crippen LogP contribution in [0.2, 0.25) is 5.02 Å². The molecule has 1 aromatic rings. The van der Waals surface area contributed by atoms with Crippen molar-refractivity contribution in [1.82, 2.24) is 21.5 Å². The monoisotopic (exact) mass is 423 g/mol. The van der Waals surface area contributed by atoms with Crippen molar-refractivity contribution < 1.29 is 27.1 Å². The number of rotatable bonds is 5. The van der Waals surface area contributed by atoms with Gasteiger partial charge in [-0.25, -0.2) is 14.8 Å². The van der Waals surface area contributed by atoms with Gasteiger partial charge in [-0.1, -0.05) is 11.6 Å². The minimum Gasteiger partial charge on any atom is -0.382 e. The topological polar surface area (TPSA) is 86.8 Å². The van der Waals surface area contributed by atoms with E-state index in [-0.39, 0.29) is 29.0 Å². The van der Waals surface area contributed by atoms with E-state index in [9.17, 15) is 22.4 Å². The highest BCUT2D eigenvalue weighted by molar-refractivity contribution is 6.30. The van der Waals surface area contributed by atoms with E-state index in [2.05, 4.69) is 21.1 Å². The molecular weight excluding hydrogens is 406 g/mol. The van der Waals surface area contributed by atoms with Gasteiger partial charge in [0, 0.05) is 12.7 Å². The second-order valence-electron chi connectivity index (χ2n) is 5.86. The number of carbonyl (C=O) groups excluding carboxylic acids is 1. The number of benzene rings is 1. The summed E-state index contributed by atoms with van der Waals surface area (Å²) in [4.78, 5) is 16.5. The molecule has 1 aliphatic rings. The number of methoxy groups -OCH3 is 1. The number of ether oxygens (including phenoxy) is 1. The smallest absolute Gasteiger partial charge is 0.382 e. The number of halogens is 5. The molecule has 4 N–H and O–H groups in total. The summed E-state index contributed by atoms with van der Waals surface area (Å²) in [5.41, 5.74) is 4.31. The van der Waals surface area contributed by atoms with Crippen molar-refractivity contribution in [2.45, 2.75) is 25.2 Å². The lowest BCUT2D eigenvalue weighted by atomic mass is 10.2. The molecule has 1 aromatic carbocycles. The number of nitrogens with one attached hydrogen (secondary N) is 4. The van der Waals surface area contributed by atoms with Crippen molar-refractivity contribution in [2.75, 3.05) is 13.7 Å². The molecule has 0 saturated carbocycles. The number of alkyl halides is 3. The maximum Gasteiger partial charge on any atom is 0.409 e. The van der Waals surface area contributed by atoms with E-state index in [1.165, 1.54) is 19.2 Å². The second kappa shape index (κ2) is 9.22. The van der Waals surface area contributed by atoms with Crippen molar-refractivity contribution in [3.63, 3.8) is 0 Å². The summed E-state index contributed by atoms with van der Waals surface area (Å²) in [6.07, 6.45) is -3.65. The van der Waals surface area contributed by atoms with Gasteiger partial charge in [-0.15, -0.1) is 0 Å². The van der Waals surface area contributed by atoms with Crippen molar-refractivity contribution in [3.05, 3.63) is 46.5 Å². The standard InChI is InChI=1S/C16H18ClF4N5O2/c1-8(7-28-2)22-15(23-13-6-12(25-26-13)16(19,20)21)24-14(27)9-3-4-10(17)11(18)5-9/h3-6,8,12,25-26H,7H2,1-2H3,(H2,22,23,24,27).